The maximum absolute atomic E-state index is 11.0. The maximum atomic E-state index is 11.0. The molecule has 80 valence electrons. The van der Waals surface area contributed by atoms with Crippen molar-refractivity contribution in [2.45, 2.75) is 20.3 Å². The molecule has 1 N–H and O–H groups in total. The zero-order valence-electron chi connectivity index (χ0n) is 9.10. The van der Waals surface area contributed by atoms with Crippen molar-refractivity contribution in [1.82, 2.24) is 0 Å². The fraction of sp³-hybridized carbons (Fsp3) is 0.462. The summed E-state index contributed by atoms with van der Waals surface area (Å²) in [7, 11) is 0. The average molecular weight is 204 g/mol. The van der Waals surface area contributed by atoms with Crippen LogP contribution in [0.1, 0.15) is 19.4 Å². The quantitative estimate of drug-likeness (QED) is 0.821. The smallest absolute Gasteiger partial charge is 0.307 e. The molecule has 1 fully saturated rings. The minimum absolute atomic E-state index is 0.0400. The molecule has 1 aromatic carbocycles. The number of aliphatic carboxylic acids is 1. The molecule has 0 heterocycles. The molecule has 0 aliphatic heterocycles. The third-order valence-corrected chi connectivity index (χ3v) is 3.61. The average Bonchev–Trinajstić information content (AvgIpc) is 2.70. The Bertz CT molecular complexity index is 367. The van der Waals surface area contributed by atoms with Crippen molar-refractivity contribution in [3.63, 3.8) is 0 Å². The minimum Gasteiger partial charge on any atom is -0.481 e. The van der Waals surface area contributed by atoms with E-state index in [1.165, 1.54) is 5.56 Å². The van der Waals surface area contributed by atoms with Gasteiger partial charge in [0.1, 0.15) is 0 Å². The summed E-state index contributed by atoms with van der Waals surface area (Å²) in [5.41, 5.74) is 1.20. The van der Waals surface area contributed by atoms with Gasteiger partial charge < -0.3 is 5.11 Å². The summed E-state index contributed by atoms with van der Waals surface area (Å²) in [6.45, 7) is 4.08. The molecule has 2 nitrogen and oxygen atoms in total. The normalized spacial score (nSPS) is 27.3. The van der Waals surface area contributed by atoms with Gasteiger partial charge in [-0.1, -0.05) is 44.2 Å². The highest BCUT2D eigenvalue weighted by Gasteiger charge is 2.61. The van der Waals surface area contributed by atoms with Crippen LogP contribution in [-0.4, -0.2) is 11.1 Å². The van der Waals surface area contributed by atoms with Crippen molar-refractivity contribution in [1.29, 1.82) is 0 Å². The van der Waals surface area contributed by atoms with Crippen molar-refractivity contribution in [2.75, 3.05) is 0 Å². The molecular formula is C13H16O2. The van der Waals surface area contributed by atoms with Crippen LogP contribution in [0, 0.1) is 17.3 Å². The number of hydrogen-bond acceptors (Lipinski definition) is 1. The number of rotatable bonds is 3. The Hall–Kier alpha value is -1.31. The topological polar surface area (TPSA) is 37.3 Å². The lowest BCUT2D eigenvalue weighted by Crippen LogP contribution is -2.03. The second-order valence-corrected chi connectivity index (χ2v) is 4.93. The van der Waals surface area contributed by atoms with Crippen LogP contribution in [0.3, 0.4) is 0 Å². The number of carboxylic acid groups (broad SMARTS) is 1. The monoisotopic (exact) mass is 204 g/mol. The van der Waals surface area contributed by atoms with Crippen LogP contribution in [0.2, 0.25) is 0 Å². The summed E-state index contributed by atoms with van der Waals surface area (Å²) in [6.07, 6.45) is 0.880. The van der Waals surface area contributed by atoms with Gasteiger partial charge in [-0.15, -0.1) is 0 Å². The lowest BCUT2D eigenvalue weighted by Gasteiger charge is -2.01. The third kappa shape index (κ3) is 1.76. The van der Waals surface area contributed by atoms with Gasteiger partial charge in [-0.25, -0.2) is 0 Å². The van der Waals surface area contributed by atoms with E-state index in [9.17, 15) is 4.79 Å². The van der Waals surface area contributed by atoms with Crippen LogP contribution in [0.15, 0.2) is 30.3 Å². The molecule has 2 atom stereocenters. The molecular weight excluding hydrogens is 188 g/mol. The van der Waals surface area contributed by atoms with Crippen molar-refractivity contribution in [2.24, 2.45) is 17.3 Å². The Morgan fingerprint density at radius 2 is 1.93 bits per heavy atom. The molecule has 0 saturated heterocycles. The molecule has 1 aliphatic carbocycles. The highest BCUT2D eigenvalue weighted by atomic mass is 16.4. The predicted molar refractivity (Wildman–Crippen MR) is 58.5 cm³/mol. The Morgan fingerprint density at radius 1 is 1.33 bits per heavy atom. The molecule has 0 bridgehead atoms. The SMILES string of the molecule is CC1(C)[C@H](Cc2ccccc2)[C@H]1C(=O)O. The van der Waals surface area contributed by atoms with E-state index >= 15 is 0 Å². The van der Waals surface area contributed by atoms with Gasteiger partial charge in [0.2, 0.25) is 0 Å². The summed E-state index contributed by atoms with van der Waals surface area (Å²) in [5, 5.41) is 9.04. The van der Waals surface area contributed by atoms with Crippen molar-refractivity contribution in [3.05, 3.63) is 35.9 Å². The Kier molecular flexibility index (Phi) is 2.29. The van der Waals surface area contributed by atoms with Gasteiger partial charge in [0.15, 0.2) is 0 Å². The first-order valence-electron chi connectivity index (χ1n) is 5.30. The van der Waals surface area contributed by atoms with Gasteiger partial charge in [-0.2, -0.15) is 0 Å². The lowest BCUT2D eigenvalue weighted by molar-refractivity contribution is -0.139. The van der Waals surface area contributed by atoms with Crippen LogP contribution in [-0.2, 0) is 11.2 Å². The number of hydrogen-bond donors (Lipinski definition) is 1. The summed E-state index contributed by atoms with van der Waals surface area (Å²) in [4.78, 5) is 11.0. The standard InChI is InChI=1S/C13H16O2/c1-13(2)10(11(13)12(14)15)8-9-6-4-3-5-7-9/h3-7,10-11H,8H2,1-2H3,(H,14,15)/t10-,11+/m1/s1. The second kappa shape index (κ2) is 3.37. The Morgan fingerprint density at radius 3 is 2.40 bits per heavy atom. The fourth-order valence-corrected chi connectivity index (χ4v) is 2.48. The number of carboxylic acids is 1. The summed E-state index contributed by atoms with van der Waals surface area (Å²) in [5.74, 6) is -0.531. The zero-order chi connectivity index (χ0) is 11.1. The van der Waals surface area contributed by atoms with Gasteiger partial charge in [0.25, 0.3) is 0 Å². The number of benzene rings is 1. The largest absolute Gasteiger partial charge is 0.481 e. The second-order valence-electron chi connectivity index (χ2n) is 4.93. The van der Waals surface area contributed by atoms with E-state index in [0.29, 0.717) is 0 Å². The van der Waals surface area contributed by atoms with Gasteiger partial charge in [0.05, 0.1) is 5.92 Å². The summed E-state index contributed by atoms with van der Waals surface area (Å²) >= 11 is 0. The molecule has 2 heteroatoms. The van der Waals surface area contributed by atoms with Crippen LogP contribution in [0.4, 0.5) is 0 Å². The Labute approximate surface area is 89.9 Å². The molecule has 2 rings (SSSR count). The molecule has 1 aliphatic rings. The molecule has 15 heavy (non-hydrogen) atoms. The van der Waals surface area contributed by atoms with Crippen LogP contribution in [0.5, 0.6) is 0 Å². The van der Waals surface area contributed by atoms with E-state index in [-0.39, 0.29) is 17.3 Å². The molecule has 0 aromatic heterocycles. The van der Waals surface area contributed by atoms with E-state index in [1.54, 1.807) is 0 Å². The van der Waals surface area contributed by atoms with E-state index in [1.807, 2.05) is 32.0 Å². The minimum atomic E-state index is -0.652. The number of carbonyl (C=O) groups is 1. The van der Waals surface area contributed by atoms with Gasteiger partial charge in [0, 0.05) is 0 Å². The predicted octanol–water partition coefficient (Wildman–Crippen LogP) is 2.59. The van der Waals surface area contributed by atoms with Crippen LogP contribution < -0.4 is 0 Å². The van der Waals surface area contributed by atoms with Crippen molar-refractivity contribution >= 4 is 5.97 Å². The van der Waals surface area contributed by atoms with Gasteiger partial charge >= 0.3 is 5.97 Å². The van der Waals surface area contributed by atoms with Gasteiger partial charge in [-0.05, 0) is 23.3 Å². The molecule has 1 saturated carbocycles. The van der Waals surface area contributed by atoms with Crippen LogP contribution in [0.25, 0.3) is 0 Å². The fourth-order valence-electron chi connectivity index (χ4n) is 2.48. The first-order valence-corrected chi connectivity index (χ1v) is 5.30. The van der Waals surface area contributed by atoms with E-state index in [0.717, 1.165) is 6.42 Å². The first kappa shape index (κ1) is 10.2. The highest BCUT2D eigenvalue weighted by Crippen LogP contribution is 2.59. The first-order chi connectivity index (χ1) is 7.03. The zero-order valence-corrected chi connectivity index (χ0v) is 9.10. The van der Waals surface area contributed by atoms with Crippen molar-refractivity contribution in [3.8, 4) is 0 Å². The summed E-state index contributed by atoms with van der Waals surface area (Å²) in [6, 6.07) is 10.1. The van der Waals surface area contributed by atoms with E-state index in [4.69, 9.17) is 5.11 Å². The third-order valence-electron chi connectivity index (χ3n) is 3.61. The van der Waals surface area contributed by atoms with Gasteiger partial charge in [-0.3, -0.25) is 4.79 Å². The van der Waals surface area contributed by atoms with E-state index < -0.39 is 5.97 Å². The summed E-state index contributed by atoms with van der Waals surface area (Å²) < 4.78 is 0. The van der Waals surface area contributed by atoms with E-state index in [2.05, 4.69) is 12.1 Å². The Balaban J connectivity index is 2.07. The van der Waals surface area contributed by atoms with Crippen molar-refractivity contribution < 1.29 is 9.90 Å². The molecule has 0 amide bonds. The maximum Gasteiger partial charge on any atom is 0.307 e. The highest BCUT2D eigenvalue weighted by molar-refractivity contribution is 5.75. The molecule has 0 unspecified atom stereocenters. The molecule has 0 radical (unpaired) electrons. The molecule has 1 aromatic rings. The lowest BCUT2D eigenvalue weighted by atomic mass is 10.0. The molecule has 0 spiro atoms. The van der Waals surface area contributed by atoms with Crippen LogP contribution >= 0.6 is 0 Å².